The van der Waals surface area contributed by atoms with Crippen LogP contribution in [0.1, 0.15) is 24.3 Å². The molecule has 2 aromatic rings. The van der Waals surface area contributed by atoms with Crippen LogP contribution in [0.15, 0.2) is 29.6 Å². The van der Waals surface area contributed by atoms with E-state index in [-0.39, 0.29) is 17.3 Å². The largest absolute Gasteiger partial charge is 0.392 e. The fourth-order valence-electron chi connectivity index (χ4n) is 4.49. The average molecular weight is 376 g/mol. The second-order valence-corrected chi connectivity index (χ2v) is 8.79. The quantitative estimate of drug-likeness (QED) is 0.894. The number of aliphatic hydroxyl groups excluding tert-OH is 1. The number of hydrogen-bond acceptors (Lipinski definition) is 5. The fraction of sp³-hybridized carbons (Fsp3) is 0.550. The number of aliphatic hydroxyl groups is 1. The molecule has 2 aliphatic heterocycles. The lowest BCUT2D eigenvalue weighted by atomic mass is 9.71. The first-order valence-electron chi connectivity index (χ1n) is 9.33. The Morgan fingerprint density at radius 1 is 1.27 bits per heavy atom. The van der Waals surface area contributed by atoms with Gasteiger partial charge in [-0.15, -0.1) is 11.3 Å². The van der Waals surface area contributed by atoms with Crippen LogP contribution in [-0.2, 0) is 6.54 Å². The van der Waals surface area contributed by atoms with E-state index in [4.69, 9.17) is 4.98 Å². The third-order valence-corrected chi connectivity index (χ3v) is 6.65. The molecular weight excluding hydrogens is 349 g/mol. The lowest BCUT2D eigenvalue weighted by Gasteiger charge is -2.50. The SMILES string of the molecule is CN1CC[C@H](O)[C@@]2(CCCN(Cc3nc(-c4ccc(F)cc4)cs3)C2)C1. The van der Waals surface area contributed by atoms with Gasteiger partial charge in [0.25, 0.3) is 0 Å². The van der Waals surface area contributed by atoms with E-state index >= 15 is 0 Å². The summed E-state index contributed by atoms with van der Waals surface area (Å²) in [5, 5.41) is 13.8. The van der Waals surface area contributed by atoms with Crippen molar-refractivity contribution in [2.75, 3.05) is 33.2 Å². The Balaban J connectivity index is 1.45. The number of halogens is 1. The molecule has 0 aliphatic carbocycles. The van der Waals surface area contributed by atoms with Gasteiger partial charge >= 0.3 is 0 Å². The van der Waals surface area contributed by atoms with E-state index in [1.165, 1.54) is 12.1 Å². The number of hydrogen-bond donors (Lipinski definition) is 1. The molecule has 2 fully saturated rings. The second kappa shape index (κ2) is 7.35. The minimum atomic E-state index is -0.223. The van der Waals surface area contributed by atoms with Crippen LogP contribution in [0, 0.1) is 11.2 Å². The van der Waals surface area contributed by atoms with Crippen molar-refractivity contribution in [3.05, 3.63) is 40.5 Å². The van der Waals surface area contributed by atoms with Gasteiger partial charge in [-0.1, -0.05) is 0 Å². The van der Waals surface area contributed by atoms with Gasteiger partial charge in [-0.2, -0.15) is 0 Å². The summed E-state index contributed by atoms with van der Waals surface area (Å²) in [6.45, 7) is 4.78. The highest BCUT2D eigenvalue weighted by atomic mass is 32.1. The van der Waals surface area contributed by atoms with Gasteiger partial charge < -0.3 is 10.0 Å². The highest BCUT2D eigenvalue weighted by Gasteiger charge is 2.44. The molecule has 0 bridgehead atoms. The molecule has 0 saturated carbocycles. The van der Waals surface area contributed by atoms with Crippen molar-refractivity contribution in [1.29, 1.82) is 0 Å². The Morgan fingerprint density at radius 2 is 2.08 bits per heavy atom. The molecule has 2 saturated heterocycles. The minimum Gasteiger partial charge on any atom is -0.392 e. The molecule has 3 heterocycles. The van der Waals surface area contributed by atoms with Crippen LogP contribution in [-0.4, -0.2) is 59.2 Å². The maximum atomic E-state index is 13.1. The Bertz CT molecular complexity index is 750. The van der Waals surface area contributed by atoms with Gasteiger partial charge in [-0.25, -0.2) is 9.37 Å². The van der Waals surface area contributed by atoms with Crippen molar-refractivity contribution in [1.82, 2.24) is 14.8 Å². The molecular formula is C20H26FN3OS. The van der Waals surface area contributed by atoms with Crippen LogP contribution in [0.3, 0.4) is 0 Å². The lowest BCUT2D eigenvalue weighted by Crippen LogP contribution is -2.58. The molecule has 1 aromatic heterocycles. The zero-order chi connectivity index (χ0) is 18.1. The zero-order valence-electron chi connectivity index (χ0n) is 15.2. The third kappa shape index (κ3) is 3.69. The van der Waals surface area contributed by atoms with Gasteiger partial charge in [-0.3, -0.25) is 4.90 Å². The summed E-state index contributed by atoms with van der Waals surface area (Å²) < 4.78 is 13.1. The van der Waals surface area contributed by atoms with E-state index in [2.05, 4.69) is 16.8 Å². The van der Waals surface area contributed by atoms with E-state index < -0.39 is 0 Å². The van der Waals surface area contributed by atoms with Crippen molar-refractivity contribution >= 4 is 11.3 Å². The van der Waals surface area contributed by atoms with Gasteiger partial charge in [0.15, 0.2) is 0 Å². The first-order chi connectivity index (χ1) is 12.5. The Kier molecular flexibility index (Phi) is 5.10. The summed E-state index contributed by atoms with van der Waals surface area (Å²) in [7, 11) is 2.16. The number of nitrogens with zero attached hydrogens (tertiary/aromatic N) is 3. The predicted molar refractivity (Wildman–Crippen MR) is 103 cm³/mol. The molecule has 0 amide bonds. The molecule has 1 spiro atoms. The topological polar surface area (TPSA) is 39.6 Å². The van der Waals surface area contributed by atoms with Crippen LogP contribution in [0.2, 0.25) is 0 Å². The normalized spacial score (nSPS) is 27.9. The monoisotopic (exact) mass is 375 g/mol. The van der Waals surface area contributed by atoms with Crippen LogP contribution < -0.4 is 0 Å². The number of piperidine rings is 2. The van der Waals surface area contributed by atoms with Crippen LogP contribution in [0.5, 0.6) is 0 Å². The van der Waals surface area contributed by atoms with Crippen molar-refractivity contribution in [2.24, 2.45) is 5.41 Å². The van der Waals surface area contributed by atoms with E-state index in [1.807, 2.05) is 5.38 Å². The molecule has 1 N–H and O–H groups in total. The molecule has 0 unspecified atom stereocenters. The van der Waals surface area contributed by atoms with E-state index in [1.54, 1.807) is 23.5 Å². The summed E-state index contributed by atoms with van der Waals surface area (Å²) in [5.74, 6) is -0.223. The molecule has 2 atom stereocenters. The van der Waals surface area contributed by atoms with E-state index in [9.17, 15) is 9.50 Å². The van der Waals surface area contributed by atoms with Gasteiger partial charge in [0.2, 0.25) is 0 Å². The van der Waals surface area contributed by atoms with Crippen molar-refractivity contribution < 1.29 is 9.50 Å². The van der Waals surface area contributed by atoms with Crippen molar-refractivity contribution in [3.8, 4) is 11.3 Å². The van der Waals surface area contributed by atoms with E-state index in [0.717, 1.165) is 68.3 Å². The second-order valence-electron chi connectivity index (χ2n) is 7.85. The van der Waals surface area contributed by atoms with Crippen LogP contribution in [0.25, 0.3) is 11.3 Å². The molecule has 4 nitrogen and oxygen atoms in total. The fourth-order valence-corrected chi connectivity index (χ4v) is 5.34. The standard InChI is InChI=1S/C20H26FN3OS/c1-23-10-7-18(25)20(13-23)8-2-9-24(14-20)11-19-22-17(12-26-19)15-3-5-16(21)6-4-15/h3-6,12,18,25H,2,7-11,13-14H2,1H3/t18-,20-/m0/s1. The predicted octanol–water partition coefficient (Wildman–Crippen LogP) is 3.23. The first kappa shape index (κ1) is 18.0. The number of rotatable bonds is 3. The molecule has 26 heavy (non-hydrogen) atoms. The Hall–Kier alpha value is -1.34. The molecule has 4 rings (SSSR count). The van der Waals surface area contributed by atoms with Gasteiger partial charge in [0.05, 0.1) is 18.3 Å². The number of aromatic nitrogens is 1. The van der Waals surface area contributed by atoms with Gasteiger partial charge in [-0.05, 0) is 57.1 Å². The summed E-state index contributed by atoms with van der Waals surface area (Å²) in [6, 6.07) is 6.50. The number of benzene rings is 1. The highest BCUT2D eigenvalue weighted by molar-refractivity contribution is 7.09. The maximum Gasteiger partial charge on any atom is 0.123 e. The van der Waals surface area contributed by atoms with Crippen molar-refractivity contribution in [3.63, 3.8) is 0 Å². The Morgan fingerprint density at radius 3 is 2.88 bits per heavy atom. The van der Waals surface area contributed by atoms with Crippen LogP contribution in [0.4, 0.5) is 4.39 Å². The lowest BCUT2D eigenvalue weighted by molar-refractivity contribution is -0.0807. The zero-order valence-corrected chi connectivity index (χ0v) is 16.0. The molecule has 6 heteroatoms. The number of likely N-dealkylation sites (tertiary alicyclic amines) is 2. The summed E-state index contributed by atoms with van der Waals surface area (Å²) in [5.41, 5.74) is 1.87. The van der Waals surface area contributed by atoms with E-state index in [0.29, 0.717) is 0 Å². The average Bonchev–Trinajstić information content (AvgIpc) is 3.08. The third-order valence-electron chi connectivity index (χ3n) is 5.81. The maximum absolute atomic E-state index is 13.1. The molecule has 0 radical (unpaired) electrons. The van der Waals surface area contributed by atoms with Gasteiger partial charge in [0.1, 0.15) is 10.8 Å². The Labute approximate surface area is 158 Å². The first-order valence-corrected chi connectivity index (χ1v) is 10.2. The highest BCUT2D eigenvalue weighted by Crippen LogP contribution is 2.39. The molecule has 2 aliphatic rings. The van der Waals surface area contributed by atoms with Gasteiger partial charge in [0, 0.05) is 36.0 Å². The molecule has 140 valence electrons. The summed E-state index contributed by atoms with van der Waals surface area (Å²) in [4.78, 5) is 9.55. The van der Waals surface area contributed by atoms with Crippen molar-refractivity contribution in [2.45, 2.75) is 31.9 Å². The number of thiazole rings is 1. The smallest absolute Gasteiger partial charge is 0.123 e. The molecule has 1 aromatic carbocycles. The minimum absolute atomic E-state index is 0.00228. The van der Waals surface area contributed by atoms with Crippen LogP contribution >= 0.6 is 11.3 Å². The summed E-state index contributed by atoms with van der Waals surface area (Å²) in [6.07, 6.45) is 2.90. The summed E-state index contributed by atoms with van der Waals surface area (Å²) >= 11 is 1.66.